The minimum Gasteiger partial charge on any atom is -0.294 e. The Labute approximate surface area is 78.4 Å². The molecule has 0 radical (unpaired) electrons. The molecule has 0 atom stereocenters. The first-order chi connectivity index (χ1) is 5.66. The molecule has 0 unspecified atom stereocenters. The van der Waals surface area contributed by atoms with Crippen LogP contribution in [0.5, 0.6) is 0 Å². The van der Waals surface area contributed by atoms with Crippen LogP contribution in [0.1, 0.15) is 33.1 Å². The average Bonchev–Trinajstić information content (AvgIpc) is 2.03. The maximum Gasteiger partial charge on any atom is 0.233 e. The summed E-state index contributed by atoms with van der Waals surface area (Å²) in [4.78, 5) is 10.7. The summed E-state index contributed by atoms with van der Waals surface area (Å²) in [6, 6.07) is 0. The molecule has 0 aromatic rings. The van der Waals surface area contributed by atoms with E-state index in [2.05, 4.69) is 19.3 Å². The van der Waals surface area contributed by atoms with Crippen LogP contribution >= 0.6 is 11.8 Å². The number of thioether (sulfide) groups is 1. The zero-order valence-corrected chi connectivity index (χ0v) is 8.62. The molecule has 1 amide bonds. The number of carbonyl (C=O) groups is 1. The van der Waals surface area contributed by atoms with Gasteiger partial charge in [-0.05, 0) is 23.8 Å². The average molecular weight is 190 g/mol. The lowest BCUT2D eigenvalue weighted by atomic mass is 10.2. The number of hydrazine groups is 1. The number of nitrogens with two attached hydrogens (primary N) is 1. The number of rotatable bonds is 6. The van der Waals surface area contributed by atoms with Gasteiger partial charge in [-0.2, -0.15) is 11.8 Å². The Morgan fingerprint density at radius 1 is 1.50 bits per heavy atom. The summed E-state index contributed by atoms with van der Waals surface area (Å²) in [5.41, 5.74) is 2.12. The van der Waals surface area contributed by atoms with Crippen molar-refractivity contribution in [3.63, 3.8) is 0 Å². The van der Waals surface area contributed by atoms with Crippen LogP contribution in [-0.2, 0) is 4.79 Å². The van der Waals surface area contributed by atoms with Crippen molar-refractivity contribution in [2.45, 2.75) is 38.4 Å². The Hall–Kier alpha value is -0.220. The first kappa shape index (κ1) is 11.8. The summed E-state index contributed by atoms with van der Waals surface area (Å²) in [5.74, 6) is 6.00. The van der Waals surface area contributed by atoms with Crippen molar-refractivity contribution in [3.05, 3.63) is 0 Å². The number of unbranched alkanes of at least 4 members (excludes halogenated alkanes) is 1. The number of nitrogens with one attached hydrogen (secondary N) is 1. The maximum absolute atomic E-state index is 10.7. The second-order valence-corrected chi connectivity index (χ2v) is 4.63. The Morgan fingerprint density at radius 2 is 2.17 bits per heavy atom. The summed E-state index contributed by atoms with van der Waals surface area (Å²) in [5, 5.41) is 0.688. The maximum atomic E-state index is 10.7. The van der Waals surface area contributed by atoms with Crippen molar-refractivity contribution in [3.8, 4) is 0 Å². The third kappa shape index (κ3) is 7.88. The van der Waals surface area contributed by atoms with Gasteiger partial charge < -0.3 is 0 Å². The molecule has 72 valence electrons. The van der Waals surface area contributed by atoms with Gasteiger partial charge in [0.25, 0.3) is 0 Å². The zero-order valence-electron chi connectivity index (χ0n) is 7.80. The molecular formula is C8H18N2OS. The quantitative estimate of drug-likeness (QED) is 0.287. The van der Waals surface area contributed by atoms with Gasteiger partial charge in [-0.15, -0.1) is 0 Å². The van der Waals surface area contributed by atoms with Crippen molar-refractivity contribution in [1.29, 1.82) is 0 Å². The molecule has 0 heterocycles. The fourth-order valence-electron chi connectivity index (χ4n) is 0.779. The second-order valence-electron chi connectivity index (χ2n) is 2.94. The lowest BCUT2D eigenvalue weighted by Crippen LogP contribution is -2.29. The molecule has 0 aliphatic carbocycles. The molecule has 0 rings (SSSR count). The minimum atomic E-state index is -0.0652. The van der Waals surface area contributed by atoms with Crippen LogP contribution in [0.25, 0.3) is 0 Å². The van der Waals surface area contributed by atoms with E-state index in [1.807, 2.05) is 11.8 Å². The molecule has 0 spiro atoms. The SMILES string of the molecule is CC(C)SCCCCC(=O)NN. The van der Waals surface area contributed by atoms with Crippen LogP contribution in [-0.4, -0.2) is 16.9 Å². The fraction of sp³-hybridized carbons (Fsp3) is 0.875. The highest BCUT2D eigenvalue weighted by atomic mass is 32.2. The third-order valence-electron chi connectivity index (χ3n) is 1.41. The lowest BCUT2D eigenvalue weighted by Gasteiger charge is -2.03. The number of amides is 1. The first-order valence-corrected chi connectivity index (χ1v) is 5.32. The predicted octanol–water partition coefficient (Wildman–Crippen LogP) is 1.29. The molecule has 0 bridgehead atoms. The molecule has 0 fully saturated rings. The Balaban J connectivity index is 3.05. The monoisotopic (exact) mass is 190 g/mol. The van der Waals surface area contributed by atoms with Gasteiger partial charge in [0.05, 0.1) is 0 Å². The van der Waals surface area contributed by atoms with Crippen LogP contribution in [0.15, 0.2) is 0 Å². The van der Waals surface area contributed by atoms with Crippen LogP contribution in [0.2, 0.25) is 0 Å². The third-order valence-corrected chi connectivity index (χ3v) is 2.60. The van der Waals surface area contributed by atoms with Crippen LogP contribution in [0.3, 0.4) is 0 Å². The van der Waals surface area contributed by atoms with Crippen molar-refractivity contribution >= 4 is 17.7 Å². The van der Waals surface area contributed by atoms with Gasteiger partial charge in [0.15, 0.2) is 0 Å². The van der Waals surface area contributed by atoms with Crippen LogP contribution in [0, 0.1) is 0 Å². The van der Waals surface area contributed by atoms with Gasteiger partial charge in [0.2, 0.25) is 5.91 Å². The van der Waals surface area contributed by atoms with Crippen molar-refractivity contribution in [1.82, 2.24) is 5.43 Å². The van der Waals surface area contributed by atoms with Crippen molar-refractivity contribution in [2.24, 2.45) is 5.84 Å². The van der Waals surface area contributed by atoms with E-state index >= 15 is 0 Å². The zero-order chi connectivity index (χ0) is 9.40. The predicted molar refractivity (Wildman–Crippen MR) is 53.8 cm³/mol. The van der Waals surface area contributed by atoms with E-state index in [9.17, 15) is 4.79 Å². The molecule has 3 nitrogen and oxygen atoms in total. The highest BCUT2D eigenvalue weighted by Crippen LogP contribution is 2.11. The summed E-state index contributed by atoms with van der Waals surface area (Å²) >= 11 is 1.93. The Kier molecular flexibility index (Phi) is 7.29. The van der Waals surface area contributed by atoms with Gasteiger partial charge in [-0.1, -0.05) is 13.8 Å². The van der Waals surface area contributed by atoms with Gasteiger partial charge in [0.1, 0.15) is 0 Å². The van der Waals surface area contributed by atoms with Gasteiger partial charge >= 0.3 is 0 Å². The van der Waals surface area contributed by atoms with Crippen LogP contribution in [0.4, 0.5) is 0 Å². The normalized spacial score (nSPS) is 10.3. The molecule has 0 aliphatic heterocycles. The molecule has 3 N–H and O–H groups in total. The summed E-state index contributed by atoms with van der Waals surface area (Å²) in [6.45, 7) is 4.36. The molecule has 0 saturated heterocycles. The van der Waals surface area contributed by atoms with E-state index in [1.165, 1.54) is 0 Å². The molecule has 4 heteroatoms. The minimum absolute atomic E-state index is 0.0652. The van der Waals surface area contributed by atoms with E-state index in [0.717, 1.165) is 18.6 Å². The van der Waals surface area contributed by atoms with Gasteiger partial charge in [-0.25, -0.2) is 5.84 Å². The largest absolute Gasteiger partial charge is 0.294 e. The number of hydrogen-bond donors (Lipinski definition) is 2. The topological polar surface area (TPSA) is 55.1 Å². The molecular weight excluding hydrogens is 172 g/mol. The summed E-state index contributed by atoms with van der Waals surface area (Å²) < 4.78 is 0. The smallest absolute Gasteiger partial charge is 0.233 e. The summed E-state index contributed by atoms with van der Waals surface area (Å²) in [7, 11) is 0. The number of hydrogen-bond acceptors (Lipinski definition) is 3. The Bertz CT molecular complexity index is 128. The van der Waals surface area contributed by atoms with E-state index in [4.69, 9.17) is 5.84 Å². The van der Waals surface area contributed by atoms with Crippen molar-refractivity contribution < 1.29 is 4.79 Å². The van der Waals surface area contributed by atoms with Crippen molar-refractivity contribution in [2.75, 3.05) is 5.75 Å². The molecule has 0 aromatic carbocycles. The fourth-order valence-corrected chi connectivity index (χ4v) is 1.62. The lowest BCUT2D eigenvalue weighted by molar-refractivity contribution is -0.121. The highest BCUT2D eigenvalue weighted by molar-refractivity contribution is 7.99. The number of carbonyl (C=O) groups excluding carboxylic acids is 1. The van der Waals surface area contributed by atoms with E-state index in [0.29, 0.717) is 11.7 Å². The standard InChI is InChI=1S/C8H18N2OS/c1-7(2)12-6-4-3-5-8(11)10-9/h7H,3-6,9H2,1-2H3,(H,10,11). The van der Waals surface area contributed by atoms with Gasteiger partial charge in [-0.3, -0.25) is 10.2 Å². The molecule has 0 aromatic heterocycles. The van der Waals surface area contributed by atoms with Gasteiger partial charge in [0, 0.05) is 6.42 Å². The van der Waals surface area contributed by atoms with E-state index in [-0.39, 0.29) is 5.91 Å². The second kappa shape index (κ2) is 7.43. The van der Waals surface area contributed by atoms with Crippen LogP contribution < -0.4 is 11.3 Å². The Morgan fingerprint density at radius 3 is 2.67 bits per heavy atom. The van der Waals surface area contributed by atoms with E-state index in [1.54, 1.807) is 0 Å². The molecule has 0 aliphatic rings. The van der Waals surface area contributed by atoms with E-state index < -0.39 is 0 Å². The summed E-state index contributed by atoms with van der Waals surface area (Å²) in [6.07, 6.45) is 2.58. The first-order valence-electron chi connectivity index (χ1n) is 4.28. The molecule has 0 saturated carbocycles. The highest BCUT2D eigenvalue weighted by Gasteiger charge is 1.98. The molecule has 12 heavy (non-hydrogen) atoms.